The number of nitrogens with one attached hydrogen (secondary N) is 1. The van der Waals surface area contributed by atoms with Crippen LogP contribution in [-0.2, 0) is 4.79 Å². The highest BCUT2D eigenvalue weighted by Gasteiger charge is 2.20. The van der Waals surface area contributed by atoms with Gasteiger partial charge in [-0.1, -0.05) is 42.5 Å². The molecule has 1 heterocycles. The van der Waals surface area contributed by atoms with Crippen LogP contribution < -0.4 is 5.32 Å². The number of carboxylic acid groups (broad SMARTS) is 1. The molecule has 1 unspecified atom stereocenters. The number of amides is 1. The standard InChI is InChI=1S/C20H16FNO4/c21-15-8-6-13(7-11-19(23)24)12-16(15)22-20(25)18-10-9-17(26-18)14-4-2-1-3-5-14/h1-11,13H,12H2,(H,22,25)(H,23,24)/b11-7+. The maximum absolute atomic E-state index is 14.0. The maximum Gasteiger partial charge on any atom is 0.327 e. The van der Waals surface area contributed by atoms with Gasteiger partial charge >= 0.3 is 5.97 Å². The third kappa shape index (κ3) is 4.16. The molecule has 0 aliphatic heterocycles. The molecule has 0 radical (unpaired) electrons. The first-order valence-corrected chi connectivity index (χ1v) is 7.97. The summed E-state index contributed by atoms with van der Waals surface area (Å²) < 4.78 is 19.5. The fourth-order valence-electron chi connectivity index (χ4n) is 2.57. The zero-order valence-electron chi connectivity index (χ0n) is 13.7. The smallest absolute Gasteiger partial charge is 0.327 e. The normalized spacial score (nSPS) is 16.9. The van der Waals surface area contributed by atoms with Gasteiger partial charge in [0, 0.05) is 24.0 Å². The Morgan fingerprint density at radius 2 is 1.96 bits per heavy atom. The highest BCUT2D eigenvalue weighted by atomic mass is 19.1. The molecule has 1 aromatic heterocycles. The molecule has 5 nitrogen and oxygen atoms in total. The van der Waals surface area contributed by atoms with Gasteiger partial charge in [-0.15, -0.1) is 0 Å². The van der Waals surface area contributed by atoms with Crippen LogP contribution in [0.2, 0.25) is 0 Å². The van der Waals surface area contributed by atoms with Crippen LogP contribution in [0.1, 0.15) is 17.0 Å². The number of halogens is 1. The molecule has 1 aromatic carbocycles. The van der Waals surface area contributed by atoms with Gasteiger partial charge in [-0.05, 0) is 18.2 Å². The molecule has 0 saturated carbocycles. The van der Waals surface area contributed by atoms with E-state index in [1.54, 1.807) is 12.1 Å². The van der Waals surface area contributed by atoms with Gasteiger partial charge in [0.2, 0.25) is 0 Å². The Hall–Kier alpha value is -3.41. The summed E-state index contributed by atoms with van der Waals surface area (Å²) in [7, 11) is 0. The van der Waals surface area contributed by atoms with E-state index in [4.69, 9.17) is 9.52 Å². The Labute approximate surface area is 149 Å². The summed E-state index contributed by atoms with van der Waals surface area (Å²) in [5.41, 5.74) is 0.923. The molecule has 1 atom stereocenters. The van der Waals surface area contributed by atoms with Crippen molar-refractivity contribution in [3.05, 3.63) is 84.1 Å². The van der Waals surface area contributed by atoms with Gasteiger partial charge in [-0.2, -0.15) is 0 Å². The number of carbonyl (C=O) groups is 2. The number of carbonyl (C=O) groups excluding carboxylic acids is 1. The van der Waals surface area contributed by atoms with Crippen molar-refractivity contribution >= 4 is 11.9 Å². The van der Waals surface area contributed by atoms with Crippen LogP contribution in [0.4, 0.5) is 4.39 Å². The summed E-state index contributed by atoms with van der Waals surface area (Å²) in [5, 5.41) is 11.2. The van der Waals surface area contributed by atoms with E-state index in [2.05, 4.69) is 5.32 Å². The lowest BCUT2D eigenvalue weighted by Gasteiger charge is -2.17. The minimum Gasteiger partial charge on any atom is -0.478 e. The second-order valence-electron chi connectivity index (χ2n) is 5.73. The molecule has 1 aliphatic carbocycles. The quantitative estimate of drug-likeness (QED) is 0.794. The third-order valence-corrected chi connectivity index (χ3v) is 3.86. The first-order chi connectivity index (χ1) is 12.5. The average Bonchev–Trinajstić information content (AvgIpc) is 3.13. The zero-order valence-corrected chi connectivity index (χ0v) is 13.7. The predicted octanol–water partition coefficient (Wildman–Crippen LogP) is 4.07. The van der Waals surface area contributed by atoms with Gasteiger partial charge < -0.3 is 14.8 Å². The van der Waals surface area contributed by atoms with Crippen molar-refractivity contribution in [2.75, 3.05) is 0 Å². The zero-order chi connectivity index (χ0) is 18.5. The molecule has 132 valence electrons. The number of allylic oxidation sites excluding steroid dienone is 5. The Kier molecular flexibility index (Phi) is 5.12. The van der Waals surface area contributed by atoms with E-state index in [1.807, 2.05) is 30.3 Å². The fourth-order valence-corrected chi connectivity index (χ4v) is 2.57. The van der Waals surface area contributed by atoms with Crippen LogP contribution in [0.5, 0.6) is 0 Å². The number of furan rings is 1. The lowest BCUT2D eigenvalue weighted by atomic mass is 9.97. The van der Waals surface area contributed by atoms with Crippen LogP contribution in [0.25, 0.3) is 11.3 Å². The number of aliphatic carboxylic acids is 1. The molecule has 1 aliphatic rings. The van der Waals surface area contributed by atoms with E-state index in [-0.39, 0.29) is 23.8 Å². The summed E-state index contributed by atoms with van der Waals surface area (Å²) >= 11 is 0. The monoisotopic (exact) mass is 353 g/mol. The second kappa shape index (κ2) is 7.65. The molecule has 0 saturated heterocycles. The fraction of sp³-hybridized carbons (Fsp3) is 0.100. The van der Waals surface area contributed by atoms with E-state index in [9.17, 15) is 14.0 Å². The summed E-state index contributed by atoms with van der Waals surface area (Å²) in [6.07, 6.45) is 5.36. The Bertz CT molecular complexity index is 909. The van der Waals surface area contributed by atoms with E-state index in [0.717, 1.165) is 11.6 Å². The summed E-state index contributed by atoms with van der Waals surface area (Å²) in [6.45, 7) is 0. The van der Waals surface area contributed by atoms with Gasteiger partial charge in [0.25, 0.3) is 5.91 Å². The van der Waals surface area contributed by atoms with E-state index >= 15 is 0 Å². The van der Waals surface area contributed by atoms with Gasteiger partial charge in [-0.25, -0.2) is 9.18 Å². The minimum absolute atomic E-state index is 0.0661. The van der Waals surface area contributed by atoms with Crippen molar-refractivity contribution in [3.63, 3.8) is 0 Å². The van der Waals surface area contributed by atoms with Crippen LogP contribution in [0, 0.1) is 5.92 Å². The van der Waals surface area contributed by atoms with Crippen molar-refractivity contribution in [1.82, 2.24) is 5.32 Å². The highest BCUT2D eigenvalue weighted by molar-refractivity contribution is 5.93. The van der Waals surface area contributed by atoms with E-state index in [0.29, 0.717) is 5.76 Å². The van der Waals surface area contributed by atoms with Crippen LogP contribution in [0.15, 0.2) is 82.7 Å². The third-order valence-electron chi connectivity index (χ3n) is 3.86. The number of carboxylic acids is 1. The molecule has 26 heavy (non-hydrogen) atoms. The molecule has 0 fully saturated rings. The Morgan fingerprint density at radius 1 is 1.19 bits per heavy atom. The molecule has 2 N–H and O–H groups in total. The van der Waals surface area contributed by atoms with Crippen molar-refractivity contribution < 1.29 is 23.5 Å². The molecular formula is C20H16FNO4. The predicted molar refractivity (Wildman–Crippen MR) is 93.8 cm³/mol. The van der Waals surface area contributed by atoms with E-state index < -0.39 is 17.7 Å². The van der Waals surface area contributed by atoms with Gasteiger partial charge in [0.1, 0.15) is 11.6 Å². The van der Waals surface area contributed by atoms with Gasteiger partial charge in [0.15, 0.2) is 5.76 Å². The molecular weight excluding hydrogens is 337 g/mol. The lowest BCUT2D eigenvalue weighted by Crippen LogP contribution is -2.25. The first-order valence-electron chi connectivity index (χ1n) is 7.97. The van der Waals surface area contributed by atoms with Gasteiger partial charge in [-0.3, -0.25) is 4.79 Å². The lowest BCUT2D eigenvalue weighted by molar-refractivity contribution is -0.131. The largest absolute Gasteiger partial charge is 0.478 e. The Balaban J connectivity index is 1.70. The maximum atomic E-state index is 14.0. The number of hydrogen-bond donors (Lipinski definition) is 2. The SMILES string of the molecule is O=C(O)/C=C/C1C=CC(F)=C(NC(=O)c2ccc(-c3ccccc3)o2)C1. The molecule has 0 spiro atoms. The van der Waals surface area contributed by atoms with Crippen molar-refractivity contribution in [1.29, 1.82) is 0 Å². The van der Waals surface area contributed by atoms with Crippen molar-refractivity contribution in [3.8, 4) is 11.3 Å². The van der Waals surface area contributed by atoms with Crippen LogP contribution in [0.3, 0.4) is 0 Å². The van der Waals surface area contributed by atoms with Crippen LogP contribution in [-0.4, -0.2) is 17.0 Å². The molecule has 3 rings (SSSR count). The average molecular weight is 353 g/mol. The minimum atomic E-state index is -1.08. The van der Waals surface area contributed by atoms with E-state index in [1.165, 1.54) is 18.2 Å². The number of benzene rings is 1. The van der Waals surface area contributed by atoms with Crippen molar-refractivity contribution in [2.24, 2.45) is 5.92 Å². The summed E-state index contributed by atoms with van der Waals surface area (Å²) in [6, 6.07) is 12.5. The first kappa shape index (κ1) is 17.4. The molecule has 0 bridgehead atoms. The summed E-state index contributed by atoms with van der Waals surface area (Å²) in [5.74, 6) is -1.91. The number of hydrogen-bond acceptors (Lipinski definition) is 3. The number of rotatable bonds is 5. The Morgan fingerprint density at radius 3 is 2.69 bits per heavy atom. The highest BCUT2D eigenvalue weighted by Crippen LogP contribution is 2.25. The van der Waals surface area contributed by atoms with Crippen LogP contribution >= 0.6 is 0 Å². The molecule has 1 amide bonds. The molecule has 6 heteroatoms. The van der Waals surface area contributed by atoms with Crippen molar-refractivity contribution in [2.45, 2.75) is 6.42 Å². The summed E-state index contributed by atoms with van der Waals surface area (Å²) in [4.78, 5) is 22.9. The molecule has 2 aromatic rings. The van der Waals surface area contributed by atoms with Gasteiger partial charge in [0.05, 0.1) is 5.70 Å². The topological polar surface area (TPSA) is 79.5 Å². The second-order valence-corrected chi connectivity index (χ2v) is 5.73.